The second-order valence-corrected chi connectivity index (χ2v) is 6.26. The average Bonchev–Trinajstić information content (AvgIpc) is 3.05. The molecule has 0 bridgehead atoms. The Morgan fingerprint density at radius 3 is 2.83 bits per heavy atom. The van der Waals surface area contributed by atoms with Gasteiger partial charge in [0, 0.05) is 31.5 Å². The van der Waals surface area contributed by atoms with Gasteiger partial charge in [0.05, 0.1) is 12.1 Å². The van der Waals surface area contributed by atoms with E-state index in [1.165, 1.54) is 6.07 Å². The van der Waals surface area contributed by atoms with Crippen molar-refractivity contribution < 1.29 is 9.18 Å². The van der Waals surface area contributed by atoms with Crippen LogP contribution in [0.25, 0.3) is 0 Å². The van der Waals surface area contributed by atoms with Crippen LogP contribution in [0.4, 0.5) is 4.39 Å². The Balaban J connectivity index is 1.63. The van der Waals surface area contributed by atoms with Crippen molar-refractivity contribution in [2.24, 2.45) is 0 Å². The summed E-state index contributed by atoms with van der Waals surface area (Å²) in [5, 5.41) is 0. The quantitative estimate of drug-likeness (QED) is 0.864. The number of rotatable bonds is 4. The molecule has 3 rings (SSSR count). The molecule has 1 saturated heterocycles. The molecule has 1 aromatic carbocycles. The second kappa shape index (κ2) is 7.05. The minimum Gasteiger partial charge on any atom is -0.337 e. The highest BCUT2D eigenvalue weighted by Crippen LogP contribution is 2.20. The first-order valence-electron chi connectivity index (χ1n) is 8.06. The highest BCUT2D eigenvalue weighted by Gasteiger charge is 2.30. The molecule has 0 radical (unpaired) electrons. The van der Waals surface area contributed by atoms with Gasteiger partial charge in [0.15, 0.2) is 0 Å². The standard InChI is InChI=1S/C18H21FN4O/c1-13-4-5-15(16(19)10-13)18(24)23-9-6-14(11-23)22(2)12-17-20-7-3-8-21-17/h3-5,7-8,10,14H,6,9,11-12H2,1-2H3/t14-/m1/s1. The fraction of sp³-hybridized carbons (Fsp3) is 0.389. The molecule has 1 atom stereocenters. The number of likely N-dealkylation sites (N-methyl/N-ethyl adjacent to an activating group) is 1. The van der Waals surface area contributed by atoms with Crippen LogP contribution in [-0.2, 0) is 6.54 Å². The van der Waals surface area contributed by atoms with Crippen LogP contribution < -0.4 is 0 Å². The average molecular weight is 328 g/mol. The van der Waals surface area contributed by atoms with E-state index in [0.717, 1.165) is 17.8 Å². The third-order valence-electron chi connectivity index (χ3n) is 4.44. The van der Waals surface area contributed by atoms with Gasteiger partial charge in [-0.25, -0.2) is 14.4 Å². The maximum atomic E-state index is 14.0. The lowest BCUT2D eigenvalue weighted by Gasteiger charge is -2.24. The molecule has 0 saturated carbocycles. The van der Waals surface area contributed by atoms with Crippen LogP contribution in [-0.4, -0.2) is 51.9 Å². The van der Waals surface area contributed by atoms with Gasteiger partial charge < -0.3 is 4.90 Å². The van der Waals surface area contributed by atoms with Crippen LogP contribution in [0.2, 0.25) is 0 Å². The Hall–Kier alpha value is -2.34. The molecular formula is C18H21FN4O. The molecule has 1 aromatic heterocycles. The first-order valence-corrected chi connectivity index (χ1v) is 8.06. The fourth-order valence-corrected chi connectivity index (χ4v) is 3.01. The second-order valence-electron chi connectivity index (χ2n) is 6.26. The van der Waals surface area contributed by atoms with Crippen LogP contribution in [0.15, 0.2) is 36.7 Å². The van der Waals surface area contributed by atoms with E-state index in [9.17, 15) is 9.18 Å². The molecule has 0 aliphatic carbocycles. The van der Waals surface area contributed by atoms with Gasteiger partial charge in [-0.1, -0.05) is 6.07 Å². The third kappa shape index (κ3) is 3.59. The Morgan fingerprint density at radius 1 is 1.38 bits per heavy atom. The molecule has 0 unspecified atom stereocenters. The molecule has 1 aliphatic rings. The Labute approximate surface area is 141 Å². The van der Waals surface area contributed by atoms with E-state index in [0.29, 0.717) is 19.6 Å². The number of nitrogens with zero attached hydrogens (tertiary/aromatic N) is 4. The van der Waals surface area contributed by atoms with E-state index in [-0.39, 0.29) is 17.5 Å². The topological polar surface area (TPSA) is 49.3 Å². The maximum Gasteiger partial charge on any atom is 0.256 e. The van der Waals surface area contributed by atoms with Gasteiger partial charge in [-0.2, -0.15) is 0 Å². The van der Waals surface area contributed by atoms with E-state index < -0.39 is 5.82 Å². The summed E-state index contributed by atoms with van der Waals surface area (Å²) >= 11 is 0. The summed E-state index contributed by atoms with van der Waals surface area (Å²) in [6.45, 7) is 3.67. The minimum absolute atomic E-state index is 0.148. The molecule has 1 amide bonds. The SMILES string of the molecule is Cc1ccc(C(=O)N2CC[C@@H](N(C)Cc3ncccn3)C2)c(F)c1. The summed E-state index contributed by atoms with van der Waals surface area (Å²) in [4.78, 5) is 24.9. The van der Waals surface area contributed by atoms with Gasteiger partial charge in [-0.05, 0) is 44.2 Å². The zero-order valence-corrected chi connectivity index (χ0v) is 13.9. The molecule has 1 fully saturated rings. The van der Waals surface area contributed by atoms with Crippen LogP contribution in [0, 0.1) is 12.7 Å². The Kier molecular flexibility index (Phi) is 4.85. The summed E-state index contributed by atoms with van der Waals surface area (Å²) < 4.78 is 14.0. The highest BCUT2D eigenvalue weighted by atomic mass is 19.1. The summed E-state index contributed by atoms with van der Waals surface area (Å²) in [6.07, 6.45) is 4.31. The molecule has 2 aromatic rings. The molecule has 126 valence electrons. The van der Waals surface area contributed by atoms with E-state index >= 15 is 0 Å². The van der Waals surface area contributed by atoms with Crippen molar-refractivity contribution in [3.8, 4) is 0 Å². The summed E-state index contributed by atoms with van der Waals surface area (Å²) in [6, 6.07) is 6.76. The number of hydrogen-bond acceptors (Lipinski definition) is 4. The predicted octanol–water partition coefficient (Wildman–Crippen LogP) is 2.27. The number of carbonyl (C=O) groups is 1. The van der Waals surface area contributed by atoms with Crippen molar-refractivity contribution in [2.45, 2.75) is 25.9 Å². The van der Waals surface area contributed by atoms with Gasteiger partial charge in [0.25, 0.3) is 5.91 Å². The Morgan fingerprint density at radius 2 is 2.12 bits per heavy atom. The number of amides is 1. The molecule has 1 aliphatic heterocycles. The van der Waals surface area contributed by atoms with Gasteiger partial charge in [-0.15, -0.1) is 0 Å². The molecule has 0 spiro atoms. The zero-order chi connectivity index (χ0) is 17.1. The lowest BCUT2D eigenvalue weighted by atomic mass is 10.1. The molecular weight excluding hydrogens is 307 g/mol. The van der Waals surface area contributed by atoms with Crippen molar-refractivity contribution in [3.63, 3.8) is 0 Å². The van der Waals surface area contributed by atoms with Gasteiger partial charge in [0.2, 0.25) is 0 Å². The number of carbonyl (C=O) groups excluding carboxylic acids is 1. The predicted molar refractivity (Wildman–Crippen MR) is 88.9 cm³/mol. The molecule has 24 heavy (non-hydrogen) atoms. The first kappa shape index (κ1) is 16.5. The number of benzene rings is 1. The van der Waals surface area contributed by atoms with Crippen LogP contribution in [0.3, 0.4) is 0 Å². The van der Waals surface area contributed by atoms with Crippen molar-refractivity contribution in [1.82, 2.24) is 19.8 Å². The van der Waals surface area contributed by atoms with Crippen LogP contribution in [0.5, 0.6) is 0 Å². The van der Waals surface area contributed by atoms with E-state index in [1.54, 1.807) is 35.5 Å². The minimum atomic E-state index is -0.450. The first-order chi connectivity index (χ1) is 11.5. The number of halogens is 1. The lowest BCUT2D eigenvalue weighted by Crippen LogP contribution is -2.36. The number of aryl methyl sites for hydroxylation is 1. The van der Waals surface area contributed by atoms with Crippen molar-refractivity contribution in [2.75, 3.05) is 20.1 Å². The summed E-state index contributed by atoms with van der Waals surface area (Å²) in [5.41, 5.74) is 0.959. The van der Waals surface area contributed by atoms with Crippen LogP contribution >= 0.6 is 0 Å². The van der Waals surface area contributed by atoms with E-state index in [1.807, 2.05) is 14.0 Å². The summed E-state index contributed by atoms with van der Waals surface area (Å²) in [7, 11) is 2.00. The molecule has 6 heteroatoms. The molecule has 2 heterocycles. The monoisotopic (exact) mass is 328 g/mol. The number of aromatic nitrogens is 2. The van der Waals surface area contributed by atoms with Gasteiger partial charge in [0.1, 0.15) is 11.6 Å². The van der Waals surface area contributed by atoms with Gasteiger partial charge in [-0.3, -0.25) is 9.69 Å². The van der Waals surface area contributed by atoms with E-state index in [2.05, 4.69) is 14.9 Å². The highest BCUT2D eigenvalue weighted by molar-refractivity contribution is 5.94. The smallest absolute Gasteiger partial charge is 0.256 e. The van der Waals surface area contributed by atoms with Crippen LogP contribution in [0.1, 0.15) is 28.2 Å². The molecule has 0 N–H and O–H groups in total. The van der Waals surface area contributed by atoms with Crippen molar-refractivity contribution in [3.05, 3.63) is 59.4 Å². The maximum absolute atomic E-state index is 14.0. The number of hydrogen-bond donors (Lipinski definition) is 0. The number of likely N-dealkylation sites (tertiary alicyclic amines) is 1. The third-order valence-corrected chi connectivity index (χ3v) is 4.44. The molecule has 5 nitrogen and oxygen atoms in total. The largest absolute Gasteiger partial charge is 0.337 e. The fourth-order valence-electron chi connectivity index (χ4n) is 3.01. The Bertz CT molecular complexity index is 722. The summed E-state index contributed by atoms with van der Waals surface area (Å²) in [5.74, 6) is 0.0724. The zero-order valence-electron chi connectivity index (χ0n) is 13.9. The van der Waals surface area contributed by atoms with E-state index in [4.69, 9.17) is 0 Å². The lowest BCUT2D eigenvalue weighted by molar-refractivity contribution is 0.0774. The normalized spacial score (nSPS) is 17.5. The van der Waals surface area contributed by atoms with Crippen molar-refractivity contribution in [1.29, 1.82) is 0 Å². The van der Waals surface area contributed by atoms with Gasteiger partial charge >= 0.3 is 0 Å². The van der Waals surface area contributed by atoms with Crippen molar-refractivity contribution >= 4 is 5.91 Å².